The highest BCUT2D eigenvalue weighted by Crippen LogP contribution is 2.36. The van der Waals surface area contributed by atoms with E-state index in [4.69, 9.17) is 14.2 Å². The van der Waals surface area contributed by atoms with Crippen molar-refractivity contribution in [2.24, 2.45) is 0 Å². The third kappa shape index (κ3) is 2.65. The molecule has 4 nitrogen and oxygen atoms in total. The summed E-state index contributed by atoms with van der Waals surface area (Å²) in [6.07, 6.45) is -0.611. The fraction of sp³-hybridized carbons (Fsp3) is 0.500. The van der Waals surface area contributed by atoms with Gasteiger partial charge >= 0.3 is 0 Å². The fourth-order valence-electron chi connectivity index (χ4n) is 1.61. The number of hydrogen-bond donors (Lipinski definition) is 1. The van der Waals surface area contributed by atoms with Crippen LogP contribution >= 0.6 is 0 Å². The molecule has 1 aromatic rings. The summed E-state index contributed by atoms with van der Waals surface area (Å²) in [5.74, 6) is 1.17. The molecule has 0 aromatic heterocycles. The summed E-state index contributed by atoms with van der Waals surface area (Å²) in [7, 11) is 4.75. The van der Waals surface area contributed by atoms with Crippen molar-refractivity contribution in [3.05, 3.63) is 23.3 Å². The van der Waals surface area contributed by atoms with E-state index in [-0.39, 0.29) is 0 Å². The Morgan fingerprint density at radius 1 is 1.19 bits per heavy atom. The molecule has 1 N–H and O–H groups in total. The molecule has 90 valence electrons. The largest absolute Gasteiger partial charge is 0.493 e. The van der Waals surface area contributed by atoms with Crippen LogP contribution in [0.2, 0.25) is 0 Å². The van der Waals surface area contributed by atoms with Crippen LogP contribution in [-0.2, 0) is 11.3 Å². The molecule has 0 aliphatic heterocycles. The molecule has 0 spiro atoms. The van der Waals surface area contributed by atoms with Crippen LogP contribution in [0.25, 0.3) is 0 Å². The highest BCUT2D eigenvalue weighted by molar-refractivity contribution is 5.50. The molecule has 0 saturated carbocycles. The molecule has 16 heavy (non-hydrogen) atoms. The number of aliphatic hydroxyl groups excluding tert-OH is 1. The maximum Gasteiger partial charge on any atom is 0.166 e. The van der Waals surface area contributed by atoms with E-state index in [1.807, 2.05) is 12.1 Å². The Morgan fingerprint density at radius 3 is 2.31 bits per heavy atom. The van der Waals surface area contributed by atoms with Crippen LogP contribution in [0, 0.1) is 0 Å². The van der Waals surface area contributed by atoms with Gasteiger partial charge in [0.05, 0.1) is 26.9 Å². The van der Waals surface area contributed by atoms with Crippen LogP contribution in [0.5, 0.6) is 11.5 Å². The van der Waals surface area contributed by atoms with Gasteiger partial charge in [-0.2, -0.15) is 0 Å². The van der Waals surface area contributed by atoms with E-state index in [9.17, 15) is 5.11 Å². The second-order valence-corrected chi connectivity index (χ2v) is 3.53. The molecule has 0 aliphatic carbocycles. The van der Waals surface area contributed by atoms with Crippen molar-refractivity contribution < 1.29 is 19.3 Å². The Hall–Kier alpha value is -1.26. The molecule has 1 unspecified atom stereocenters. The van der Waals surface area contributed by atoms with Crippen molar-refractivity contribution >= 4 is 0 Å². The highest BCUT2D eigenvalue weighted by Gasteiger charge is 2.15. The molecular formula is C12H18O4. The number of ether oxygens (including phenoxy) is 3. The normalized spacial score (nSPS) is 12.3. The summed E-state index contributed by atoms with van der Waals surface area (Å²) in [6, 6.07) is 3.70. The Balaban J connectivity index is 3.25. The standard InChI is InChI=1S/C12H18O4/c1-8(13)10-5-9(7-14-2)6-11(15-3)12(10)16-4/h5-6,8,13H,7H2,1-4H3. The molecule has 0 bridgehead atoms. The number of hydrogen-bond acceptors (Lipinski definition) is 4. The number of rotatable bonds is 5. The molecule has 4 heteroatoms. The fourth-order valence-corrected chi connectivity index (χ4v) is 1.61. The average Bonchev–Trinajstić information content (AvgIpc) is 2.28. The molecule has 1 aromatic carbocycles. The van der Waals surface area contributed by atoms with E-state index in [0.717, 1.165) is 5.56 Å². The molecule has 0 amide bonds. The smallest absolute Gasteiger partial charge is 0.166 e. The third-order valence-corrected chi connectivity index (χ3v) is 2.33. The molecule has 0 saturated heterocycles. The zero-order chi connectivity index (χ0) is 12.1. The van der Waals surface area contributed by atoms with Gasteiger partial charge in [-0.05, 0) is 24.6 Å². The summed E-state index contributed by atoms with van der Waals surface area (Å²) in [5.41, 5.74) is 1.64. The second-order valence-electron chi connectivity index (χ2n) is 3.53. The first-order valence-electron chi connectivity index (χ1n) is 5.05. The van der Waals surface area contributed by atoms with E-state index in [0.29, 0.717) is 23.7 Å². The topological polar surface area (TPSA) is 47.9 Å². The third-order valence-electron chi connectivity index (χ3n) is 2.33. The predicted molar refractivity (Wildman–Crippen MR) is 60.9 cm³/mol. The van der Waals surface area contributed by atoms with E-state index < -0.39 is 6.10 Å². The summed E-state index contributed by atoms with van der Waals surface area (Å²) in [4.78, 5) is 0. The van der Waals surface area contributed by atoms with Crippen LogP contribution in [0.3, 0.4) is 0 Å². The Bertz CT molecular complexity index is 347. The molecule has 0 fully saturated rings. The summed E-state index contributed by atoms with van der Waals surface area (Å²) in [6.45, 7) is 2.16. The SMILES string of the molecule is COCc1cc(OC)c(OC)c(C(C)O)c1. The van der Waals surface area contributed by atoms with Crippen LogP contribution < -0.4 is 9.47 Å². The van der Waals surface area contributed by atoms with Gasteiger partial charge in [-0.1, -0.05) is 0 Å². The van der Waals surface area contributed by atoms with Crippen LogP contribution in [-0.4, -0.2) is 26.4 Å². The molecular weight excluding hydrogens is 208 g/mol. The zero-order valence-corrected chi connectivity index (χ0v) is 10.1. The van der Waals surface area contributed by atoms with Gasteiger partial charge in [0.25, 0.3) is 0 Å². The van der Waals surface area contributed by atoms with Crippen molar-refractivity contribution in [1.82, 2.24) is 0 Å². The minimum Gasteiger partial charge on any atom is -0.493 e. The summed E-state index contributed by atoms with van der Waals surface area (Å²) >= 11 is 0. The first kappa shape index (κ1) is 12.8. The average molecular weight is 226 g/mol. The number of aliphatic hydroxyl groups is 1. The predicted octanol–water partition coefficient (Wildman–Crippen LogP) is 1.90. The minimum atomic E-state index is -0.611. The van der Waals surface area contributed by atoms with Crippen molar-refractivity contribution in [3.63, 3.8) is 0 Å². The maximum absolute atomic E-state index is 9.67. The number of benzene rings is 1. The van der Waals surface area contributed by atoms with Crippen molar-refractivity contribution in [2.45, 2.75) is 19.6 Å². The quantitative estimate of drug-likeness (QED) is 0.833. The maximum atomic E-state index is 9.67. The zero-order valence-electron chi connectivity index (χ0n) is 10.1. The van der Waals surface area contributed by atoms with Gasteiger partial charge in [-0.3, -0.25) is 0 Å². The van der Waals surface area contributed by atoms with Gasteiger partial charge < -0.3 is 19.3 Å². The van der Waals surface area contributed by atoms with E-state index in [1.54, 1.807) is 28.3 Å². The van der Waals surface area contributed by atoms with Crippen molar-refractivity contribution in [2.75, 3.05) is 21.3 Å². The molecule has 0 radical (unpaired) electrons. The van der Waals surface area contributed by atoms with Crippen LogP contribution in [0.1, 0.15) is 24.2 Å². The van der Waals surface area contributed by atoms with Gasteiger partial charge in [-0.25, -0.2) is 0 Å². The van der Waals surface area contributed by atoms with Crippen molar-refractivity contribution in [3.8, 4) is 11.5 Å². The lowest BCUT2D eigenvalue weighted by molar-refractivity contribution is 0.180. The van der Waals surface area contributed by atoms with E-state index in [1.165, 1.54) is 0 Å². The first-order chi connectivity index (χ1) is 7.63. The summed E-state index contributed by atoms with van der Waals surface area (Å²) < 4.78 is 15.5. The molecule has 1 atom stereocenters. The first-order valence-corrected chi connectivity index (χ1v) is 5.05. The molecule has 1 rings (SSSR count). The summed E-state index contributed by atoms with van der Waals surface area (Å²) in [5, 5.41) is 9.67. The molecule has 0 aliphatic rings. The Labute approximate surface area is 95.8 Å². The van der Waals surface area contributed by atoms with Crippen LogP contribution in [0.4, 0.5) is 0 Å². The lowest BCUT2D eigenvalue weighted by atomic mass is 10.0. The molecule has 0 heterocycles. The Morgan fingerprint density at radius 2 is 1.88 bits per heavy atom. The number of methoxy groups -OCH3 is 3. The van der Waals surface area contributed by atoms with Gasteiger partial charge in [0.1, 0.15) is 0 Å². The van der Waals surface area contributed by atoms with Crippen LogP contribution in [0.15, 0.2) is 12.1 Å². The highest BCUT2D eigenvalue weighted by atomic mass is 16.5. The van der Waals surface area contributed by atoms with Gasteiger partial charge in [0.15, 0.2) is 11.5 Å². The van der Waals surface area contributed by atoms with Gasteiger partial charge in [-0.15, -0.1) is 0 Å². The van der Waals surface area contributed by atoms with E-state index in [2.05, 4.69) is 0 Å². The van der Waals surface area contributed by atoms with Crippen molar-refractivity contribution in [1.29, 1.82) is 0 Å². The lowest BCUT2D eigenvalue weighted by Gasteiger charge is -2.16. The second kappa shape index (κ2) is 5.72. The Kier molecular flexibility index (Phi) is 4.58. The van der Waals surface area contributed by atoms with Gasteiger partial charge in [0.2, 0.25) is 0 Å². The van der Waals surface area contributed by atoms with E-state index >= 15 is 0 Å². The lowest BCUT2D eigenvalue weighted by Crippen LogP contribution is -2.02. The minimum absolute atomic E-state index is 0.472. The van der Waals surface area contributed by atoms with Gasteiger partial charge in [0, 0.05) is 12.7 Å². The monoisotopic (exact) mass is 226 g/mol.